The third-order valence-corrected chi connectivity index (χ3v) is 5.17. The summed E-state index contributed by atoms with van der Waals surface area (Å²) in [6, 6.07) is 10.8. The molecule has 0 saturated carbocycles. The van der Waals surface area contributed by atoms with Crippen molar-refractivity contribution in [2.24, 2.45) is 0 Å². The molecule has 0 unspecified atom stereocenters. The monoisotopic (exact) mass is 410 g/mol. The van der Waals surface area contributed by atoms with Crippen LogP contribution in [0.3, 0.4) is 0 Å². The Labute approximate surface area is 162 Å². The van der Waals surface area contributed by atoms with Crippen molar-refractivity contribution < 1.29 is 23.2 Å². The summed E-state index contributed by atoms with van der Waals surface area (Å²) in [5, 5.41) is 2.60. The van der Waals surface area contributed by atoms with Crippen LogP contribution in [0.5, 0.6) is 0 Å². The number of amides is 3. The highest BCUT2D eigenvalue weighted by Gasteiger charge is 2.35. The summed E-state index contributed by atoms with van der Waals surface area (Å²) >= 11 is 6.16. The first-order valence-corrected chi connectivity index (χ1v) is 9.12. The van der Waals surface area contributed by atoms with Crippen molar-refractivity contribution in [2.45, 2.75) is 17.1 Å². The number of halogens is 3. The van der Waals surface area contributed by atoms with E-state index < -0.39 is 23.5 Å². The fraction of sp³-hybridized carbons (Fsp3) is 0.167. The van der Waals surface area contributed by atoms with Crippen LogP contribution in [0.25, 0.3) is 0 Å². The van der Waals surface area contributed by atoms with E-state index in [1.807, 2.05) is 0 Å². The maximum absolute atomic E-state index is 12.7. The Morgan fingerprint density at radius 1 is 1.07 bits per heavy atom. The minimum Gasteiger partial charge on any atom is -0.325 e. The third-order valence-electron chi connectivity index (χ3n) is 3.89. The van der Waals surface area contributed by atoms with Crippen LogP contribution in [0.4, 0.5) is 14.5 Å². The van der Waals surface area contributed by atoms with Crippen molar-refractivity contribution in [3.05, 3.63) is 58.6 Å². The van der Waals surface area contributed by atoms with Gasteiger partial charge in [0.1, 0.15) is 0 Å². The van der Waals surface area contributed by atoms with E-state index in [1.54, 1.807) is 24.3 Å². The summed E-state index contributed by atoms with van der Waals surface area (Å²) < 4.78 is 25.4. The highest BCUT2D eigenvalue weighted by Crippen LogP contribution is 2.37. The lowest BCUT2D eigenvalue weighted by atomic mass is 10.1. The van der Waals surface area contributed by atoms with Crippen molar-refractivity contribution in [3.63, 3.8) is 0 Å². The second-order valence-corrected chi connectivity index (χ2v) is 7.01. The largest absolute Gasteiger partial charge is 0.325 e. The van der Waals surface area contributed by atoms with Crippen molar-refractivity contribution in [1.82, 2.24) is 4.90 Å². The number of fused-ring (bicyclic) bond motifs is 1. The Hall–Kier alpha value is -2.45. The second kappa shape index (κ2) is 8.06. The minimum atomic E-state index is -2.70. The van der Waals surface area contributed by atoms with Crippen molar-refractivity contribution >= 4 is 46.8 Å². The Kier molecular flexibility index (Phi) is 5.76. The lowest BCUT2D eigenvalue weighted by molar-refractivity contribution is -0.116. The molecule has 0 spiro atoms. The average molecular weight is 411 g/mol. The molecule has 0 radical (unpaired) electrons. The van der Waals surface area contributed by atoms with Gasteiger partial charge in [-0.3, -0.25) is 19.3 Å². The van der Waals surface area contributed by atoms with Gasteiger partial charge in [0.2, 0.25) is 5.91 Å². The number of nitrogens with one attached hydrogen (secondary N) is 1. The van der Waals surface area contributed by atoms with Gasteiger partial charge in [-0.05, 0) is 24.3 Å². The van der Waals surface area contributed by atoms with Gasteiger partial charge in [0.05, 0.1) is 26.7 Å². The number of carbonyl (C=O) groups is 3. The number of anilines is 1. The van der Waals surface area contributed by atoms with Gasteiger partial charge in [0.25, 0.3) is 17.6 Å². The van der Waals surface area contributed by atoms with Gasteiger partial charge < -0.3 is 5.32 Å². The predicted octanol–water partition coefficient (Wildman–Crippen LogP) is 4.28. The number of nitrogens with zero attached hydrogens (tertiary/aromatic N) is 1. The van der Waals surface area contributed by atoms with Crippen LogP contribution in [0.2, 0.25) is 5.02 Å². The molecule has 0 aliphatic carbocycles. The standard InChI is InChI=1S/C18H13ClF2N2O3S/c19-12-6-3-7-13(15(12)27-18(20)21)22-14(24)8-9-23-16(25)10-4-1-2-5-11(10)17(23)26/h1-7,18H,8-9H2,(H,22,24). The van der Waals surface area contributed by atoms with Crippen LogP contribution >= 0.6 is 23.4 Å². The highest BCUT2D eigenvalue weighted by molar-refractivity contribution is 7.99. The molecule has 3 amide bonds. The molecule has 2 aromatic carbocycles. The molecule has 1 heterocycles. The van der Waals surface area contributed by atoms with Crippen molar-refractivity contribution in [2.75, 3.05) is 11.9 Å². The number of rotatable bonds is 6. The van der Waals surface area contributed by atoms with E-state index in [0.717, 1.165) is 4.90 Å². The zero-order valence-electron chi connectivity index (χ0n) is 13.7. The van der Waals surface area contributed by atoms with Crippen molar-refractivity contribution in [1.29, 1.82) is 0 Å². The fourth-order valence-corrected chi connectivity index (χ4v) is 3.60. The summed E-state index contributed by atoms with van der Waals surface area (Å²) in [5.74, 6) is -4.14. The normalized spacial score (nSPS) is 13.3. The van der Waals surface area contributed by atoms with E-state index in [0.29, 0.717) is 11.1 Å². The molecule has 5 nitrogen and oxygen atoms in total. The smallest absolute Gasteiger partial charge is 0.289 e. The Morgan fingerprint density at radius 3 is 2.30 bits per heavy atom. The number of thioether (sulfide) groups is 1. The molecule has 3 rings (SSSR count). The molecule has 2 aromatic rings. The number of imide groups is 1. The van der Waals surface area contributed by atoms with E-state index in [2.05, 4.69) is 5.32 Å². The first-order chi connectivity index (χ1) is 12.9. The molecule has 27 heavy (non-hydrogen) atoms. The molecule has 9 heteroatoms. The third kappa shape index (κ3) is 4.12. The molecule has 1 aliphatic rings. The van der Waals surface area contributed by atoms with Crippen LogP contribution in [0.1, 0.15) is 27.1 Å². The molecule has 0 saturated heterocycles. The number of hydrogen-bond acceptors (Lipinski definition) is 4. The van der Waals surface area contributed by atoms with Gasteiger partial charge in [0.15, 0.2) is 0 Å². The van der Waals surface area contributed by atoms with Crippen molar-refractivity contribution in [3.8, 4) is 0 Å². The molecule has 1 N–H and O–H groups in total. The maximum Gasteiger partial charge on any atom is 0.289 e. The summed E-state index contributed by atoms with van der Waals surface area (Å²) in [6.45, 7) is -0.115. The lowest BCUT2D eigenvalue weighted by Gasteiger charge is -2.15. The predicted molar refractivity (Wildman–Crippen MR) is 98.4 cm³/mol. The van der Waals surface area contributed by atoms with Gasteiger partial charge in [-0.2, -0.15) is 8.78 Å². The second-order valence-electron chi connectivity index (χ2n) is 5.60. The number of alkyl halides is 2. The zero-order chi connectivity index (χ0) is 19.6. The van der Waals surface area contributed by atoms with Gasteiger partial charge in [-0.25, -0.2) is 0 Å². The Balaban J connectivity index is 1.66. The average Bonchev–Trinajstić information content (AvgIpc) is 2.87. The van der Waals surface area contributed by atoms with E-state index >= 15 is 0 Å². The number of benzene rings is 2. The zero-order valence-corrected chi connectivity index (χ0v) is 15.3. The summed E-state index contributed by atoms with van der Waals surface area (Å²) in [4.78, 5) is 37.8. The van der Waals surface area contributed by atoms with Crippen LogP contribution in [-0.2, 0) is 4.79 Å². The minimum absolute atomic E-state index is 0.0586. The van der Waals surface area contributed by atoms with E-state index in [4.69, 9.17) is 11.6 Å². The molecular formula is C18H13ClF2N2O3S. The molecule has 140 valence electrons. The molecule has 0 atom stereocenters. The molecule has 0 fully saturated rings. The van der Waals surface area contributed by atoms with Gasteiger partial charge >= 0.3 is 0 Å². The lowest BCUT2D eigenvalue weighted by Crippen LogP contribution is -2.32. The first kappa shape index (κ1) is 19.3. The Bertz CT molecular complexity index is 888. The maximum atomic E-state index is 12.7. The quantitative estimate of drug-likeness (QED) is 0.570. The summed E-state index contributed by atoms with van der Waals surface area (Å²) in [7, 11) is 0. The topological polar surface area (TPSA) is 66.5 Å². The van der Waals surface area contributed by atoms with Gasteiger partial charge in [-0.1, -0.05) is 41.6 Å². The Morgan fingerprint density at radius 2 is 1.70 bits per heavy atom. The van der Waals surface area contributed by atoms with E-state index in [1.165, 1.54) is 18.2 Å². The van der Waals surface area contributed by atoms with Gasteiger partial charge in [-0.15, -0.1) is 0 Å². The molecule has 0 bridgehead atoms. The SMILES string of the molecule is O=C(CCN1C(=O)c2ccccc2C1=O)Nc1cccc(Cl)c1SC(F)F. The van der Waals surface area contributed by atoms with E-state index in [-0.39, 0.29) is 40.3 Å². The van der Waals surface area contributed by atoms with Crippen LogP contribution in [0, 0.1) is 0 Å². The van der Waals surface area contributed by atoms with Crippen LogP contribution in [-0.4, -0.2) is 34.9 Å². The highest BCUT2D eigenvalue weighted by atomic mass is 35.5. The molecule has 1 aliphatic heterocycles. The van der Waals surface area contributed by atoms with Crippen LogP contribution in [0.15, 0.2) is 47.4 Å². The van der Waals surface area contributed by atoms with E-state index in [9.17, 15) is 23.2 Å². The molecule has 0 aromatic heterocycles. The number of carbonyl (C=O) groups excluding carboxylic acids is 3. The summed E-state index contributed by atoms with van der Waals surface area (Å²) in [6.07, 6.45) is -0.170. The first-order valence-electron chi connectivity index (χ1n) is 7.87. The fourth-order valence-electron chi connectivity index (χ4n) is 2.68. The van der Waals surface area contributed by atoms with Gasteiger partial charge in [0, 0.05) is 13.0 Å². The summed E-state index contributed by atoms with van der Waals surface area (Å²) in [5.41, 5.74) is 0.752. The molecular weight excluding hydrogens is 398 g/mol. The number of hydrogen-bond donors (Lipinski definition) is 1. The van der Waals surface area contributed by atoms with Crippen LogP contribution < -0.4 is 5.32 Å².